The zero-order valence-corrected chi connectivity index (χ0v) is 20.4. The summed E-state index contributed by atoms with van der Waals surface area (Å²) in [5.41, 5.74) is 1.18. The molecule has 35 heavy (non-hydrogen) atoms. The van der Waals surface area contributed by atoms with Crippen molar-refractivity contribution in [1.82, 2.24) is 9.97 Å². The van der Waals surface area contributed by atoms with Crippen LogP contribution in [0.1, 0.15) is 46.4 Å². The molecule has 3 heterocycles. The predicted molar refractivity (Wildman–Crippen MR) is 130 cm³/mol. The number of hydrogen-bond acceptors (Lipinski definition) is 9. The van der Waals surface area contributed by atoms with Gasteiger partial charge in [0.05, 0.1) is 35.9 Å². The van der Waals surface area contributed by atoms with E-state index in [1.54, 1.807) is 37.3 Å². The lowest BCUT2D eigenvalue weighted by Gasteiger charge is -2.24. The van der Waals surface area contributed by atoms with E-state index in [9.17, 15) is 19.5 Å². The number of anilines is 1. The molecule has 1 unspecified atom stereocenters. The van der Waals surface area contributed by atoms with Gasteiger partial charge in [-0.2, -0.15) is 0 Å². The van der Waals surface area contributed by atoms with E-state index in [0.717, 1.165) is 11.3 Å². The van der Waals surface area contributed by atoms with E-state index in [1.165, 1.54) is 31.3 Å². The number of aliphatic hydroxyl groups excluding tert-OH is 1. The van der Waals surface area contributed by atoms with Gasteiger partial charge in [0.1, 0.15) is 5.76 Å². The zero-order valence-electron chi connectivity index (χ0n) is 19.6. The van der Waals surface area contributed by atoms with Gasteiger partial charge in [0, 0.05) is 24.9 Å². The number of hydrogen-bond donors (Lipinski definition) is 1. The van der Waals surface area contributed by atoms with Crippen LogP contribution in [0, 0.1) is 6.92 Å². The molecule has 10 heteroatoms. The lowest BCUT2D eigenvalue weighted by Crippen LogP contribution is -2.29. The molecule has 0 saturated carbocycles. The van der Waals surface area contributed by atoms with Crippen molar-refractivity contribution >= 4 is 39.7 Å². The van der Waals surface area contributed by atoms with Gasteiger partial charge in [-0.3, -0.25) is 24.3 Å². The van der Waals surface area contributed by atoms with Gasteiger partial charge in [0.15, 0.2) is 22.4 Å². The van der Waals surface area contributed by atoms with Gasteiger partial charge in [-0.1, -0.05) is 17.4 Å². The Labute approximate surface area is 205 Å². The second kappa shape index (κ2) is 9.67. The van der Waals surface area contributed by atoms with Crippen LogP contribution in [0.3, 0.4) is 0 Å². The number of nitrogens with zero attached hydrogens (tertiary/aromatic N) is 3. The van der Waals surface area contributed by atoms with Gasteiger partial charge in [-0.05, 0) is 43.7 Å². The van der Waals surface area contributed by atoms with Crippen molar-refractivity contribution in [2.24, 2.45) is 0 Å². The highest BCUT2D eigenvalue weighted by Gasteiger charge is 2.48. The average Bonchev–Trinajstić information content (AvgIpc) is 3.36. The molecule has 1 saturated heterocycles. The molecule has 1 N–H and O–H groups in total. The smallest absolute Gasteiger partial charge is 0.301 e. The number of carbonyl (C=O) groups is 3. The molecule has 3 aromatic rings. The van der Waals surface area contributed by atoms with E-state index in [0.29, 0.717) is 39.8 Å². The molecule has 2 aromatic heterocycles. The number of aryl methyl sites for hydroxylation is 1. The highest BCUT2D eigenvalue weighted by Crippen LogP contribution is 2.45. The molecule has 0 aliphatic carbocycles. The van der Waals surface area contributed by atoms with Crippen LogP contribution in [0.2, 0.25) is 0 Å². The van der Waals surface area contributed by atoms with Crippen LogP contribution in [0.5, 0.6) is 11.5 Å². The van der Waals surface area contributed by atoms with Crippen molar-refractivity contribution in [3.8, 4) is 11.5 Å². The number of Topliss-reactive ketones (excluding diaryl/α,β-unsaturated/α-hetero) is 2. The number of rotatable bonds is 7. The summed E-state index contributed by atoms with van der Waals surface area (Å²) >= 11 is 1.02. The quantitative estimate of drug-likeness (QED) is 0.226. The number of ketones is 2. The van der Waals surface area contributed by atoms with Crippen LogP contribution >= 0.6 is 11.3 Å². The molecule has 4 rings (SSSR count). The van der Waals surface area contributed by atoms with Crippen molar-refractivity contribution in [1.29, 1.82) is 0 Å². The minimum Gasteiger partial charge on any atom is -0.507 e. The number of pyridine rings is 1. The molecule has 1 aliphatic heterocycles. The molecule has 180 valence electrons. The summed E-state index contributed by atoms with van der Waals surface area (Å²) < 4.78 is 11.1. The summed E-state index contributed by atoms with van der Waals surface area (Å²) in [6.45, 7) is 5.34. The summed E-state index contributed by atoms with van der Waals surface area (Å²) in [5, 5.41) is 11.3. The third kappa shape index (κ3) is 4.28. The number of amides is 1. The molecule has 0 bridgehead atoms. The highest BCUT2D eigenvalue weighted by atomic mass is 32.1. The first kappa shape index (κ1) is 24.1. The Kier molecular flexibility index (Phi) is 6.65. The van der Waals surface area contributed by atoms with Crippen LogP contribution in [0.4, 0.5) is 5.13 Å². The second-order valence-corrected chi connectivity index (χ2v) is 8.69. The van der Waals surface area contributed by atoms with Crippen LogP contribution < -0.4 is 14.4 Å². The van der Waals surface area contributed by atoms with Crippen molar-refractivity contribution in [3.05, 3.63) is 70.0 Å². The molecule has 1 atom stereocenters. The first-order valence-corrected chi connectivity index (χ1v) is 11.6. The molecule has 1 amide bonds. The molecule has 1 aromatic carbocycles. The summed E-state index contributed by atoms with van der Waals surface area (Å²) in [5.74, 6) is -1.37. The Morgan fingerprint density at radius 2 is 1.89 bits per heavy atom. The van der Waals surface area contributed by atoms with Gasteiger partial charge in [0.25, 0.3) is 5.78 Å². The number of ether oxygens (including phenoxy) is 2. The topological polar surface area (TPSA) is 119 Å². The largest absolute Gasteiger partial charge is 0.507 e. The molecule has 1 aliphatic rings. The van der Waals surface area contributed by atoms with Gasteiger partial charge < -0.3 is 14.6 Å². The van der Waals surface area contributed by atoms with E-state index in [-0.39, 0.29) is 22.2 Å². The fourth-order valence-corrected chi connectivity index (χ4v) is 4.94. The predicted octanol–water partition coefficient (Wildman–Crippen LogP) is 4.08. The summed E-state index contributed by atoms with van der Waals surface area (Å²) in [6.07, 6.45) is 2.95. The summed E-state index contributed by atoms with van der Waals surface area (Å²) in [7, 11) is 1.48. The van der Waals surface area contributed by atoms with E-state index < -0.39 is 17.7 Å². The van der Waals surface area contributed by atoms with E-state index in [1.807, 2.05) is 6.92 Å². The van der Waals surface area contributed by atoms with Gasteiger partial charge in [-0.15, -0.1) is 0 Å². The minimum absolute atomic E-state index is 0.107. The second-order valence-electron chi connectivity index (χ2n) is 7.72. The standard InChI is InChI=1S/C25H23N3O6S/c1-5-34-17-7-6-16(12-18(17)33-4)20-19(21(30)15-8-10-26-11-9-15)22(31)24(32)28(20)25-27-13(2)23(35-25)14(3)29/h6-12,20,30H,5H2,1-4H3. The SMILES string of the molecule is CCOc1ccc(C2C(=C(O)c3ccncc3)C(=O)C(=O)N2c2nc(C)c(C(C)=O)s2)cc1OC. The maximum absolute atomic E-state index is 13.3. The van der Waals surface area contributed by atoms with E-state index in [2.05, 4.69) is 9.97 Å². The number of benzene rings is 1. The van der Waals surface area contributed by atoms with Crippen molar-refractivity contribution in [2.75, 3.05) is 18.6 Å². The third-order valence-electron chi connectivity index (χ3n) is 5.51. The minimum atomic E-state index is -1.02. The zero-order chi connectivity index (χ0) is 25.3. The molecule has 0 radical (unpaired) electrons. The van der Waals surface area contributed by atoms with Gasteiger partial charge in [-0.25, -0.2) is 4.98 Å². The number of carbonyl (C=O) groups excluding carboxylic acids is 3. The number of aliphatic hydroxyl groups is 1. The monoisotopic (exact) mass is 493 g/mol. The normalized spacial score (nSPS) is 17.0. The third-order valence-corrected chi connectivity index (χ3v) is 6.77. The fourth-order valence-electron chi connectivity index (χ4n) is 3.95. The first-order valence-electron chi connectivity index (χ1n) is 10.8. The van der Waals surface area contributed by atoms with Crippen LogP contribution in [0.25, 0.3) is 5.76 Å². The van der Waals surface area contributed by atoms with E-state index >= 15 is 0 Å². The fraction of sp³-hybridized carbons (Fsp3) is 0.240. The van der Waals surface area contributed by atoms with Crippen molar-refractivity contribution in [3.63, 3.8) is 0 Å². The Hall–Kier alpha value is -4.05. The van der Waals surface area contributed by atoms with Gasteiger partial charge >= 0.3 is 5.91 Å². The maximum Gasteiger partial charge on any atom is 0.301 e. The number of aromatic nitrogens is 2. The first-order chi connectivity index (χ1) is 16.8. The highest BCUT2D eigenvalue weighted by molar-refractivity contribution is 7.18. The van der Waals surface area contributed by atoms with Crippen LogP contribution in [-0.4, -0.2) is 46.3 Å². The molecular weight excluding hydrogens is 470 g/mol. The molecule has 1 fully saturated rings. The molecule has 0 spiro atoms. The lowest BCUT2D eigenvalue weighted by atomic mass is 9.95. The molecular formula is C25H23N3O6S. The Balaban J connectivity index is 1.96. The number of thiazole rings is 1. The van der Waals surface area contributed by atoms with Crippen molar-refractivity contribution in [2.45, 2.75) is 26.8 Å². The summed E-state index contributed by atoms with van der Waals surface area (Å²) in [6, 6.07) is 7.10. The Morgan fingerprint density at radius 3 is 2.49 bits per heavy atom. The van der Waals surface area contributed by atoms with Crippen molar-refractivity contribution < 1.29 is 29.0 Å². The maximum atomic E-state index is 13.3. The van der Waals surface area contributed by atoms with Crippen LogP contribution in [0.15, 0.2) is 48.3 Å². The van der Waals surface area contributed by atoms with Crippen LogP contribution in [-0.2, 0) is 9.59 Å². The van der Waals surface area contributed by atoms with E-state index in [4.69, 9.17) is 9.47 Å². The Bertz CT molecular complexity index is 1350. The molecule has 9 nitrogen and oxygen atoms in total. The Morgan fingerprint density at radius 1 is 1.17 bits per heavy atom. The number of methoxy groups -OCH3 is 1. The summed E-state index contributed by atoms with van der Waals surface area (Å²) in [4.78, 5) is 48.6. The lowest BCUT2D eigenvalue weighted by molar-refractivity contribution is -0.132. The average molecular weight is 494 g/mol. The van der Waals surface area contributed by atoms with Gasteiger partial charge in [0.2, 0.25) is 0 Å².